The Morgan fingerprint density at radius 1 is 0.778 bits per heavy atom. The van der Waals surface area contributed by atoms with Gasteiger partial charge in [0.2, 0.25) is 0 Å². The van der Waals surface area contributed by atoms with Gasteiger partial charge in [-0.1, -0.05) is 72.3 Å². The number of fused-ring (bicyclic) bond motifs is 3. The molecule has 8 heteroatoms. The van der Waals surface area contributed by atoms with Crippen molar-refractivity contribution in [2.75, 3.05) is 5.32 Å². The molecule has 0 aliphatic heterocycles. The Labute approximate surface area is 216 Å². The van der Waals surface area contributed by atoms with Crippen LogP contribution in [0.2, 0.25) is 5.02 Å². The van der Waals surface area contributed by atoms with E-state index < -0.39 is 0 Å². The largest absolute Gasteiger partial charge is 0.332 e. The third kappa shape index (κ3) is 4.04. The van der Waals surface area contributed by atoms with Crippen LogP contribution in [0.25, 0.3) is 38.3 Å². The van der Waals surface area contributed by atoms with Gasteiger partial charge in [0.15, 0.2) is 5.11 Å². The first-order valence-electron chi connectivity index (χ1n) is 11.2. The van der Waals surface area contributed by atoms with Crippen LogP contribution in [-0.4, -0.2) is 26.0 Å². The number of halogens is 1. The van der Waals surface area contributed by atoms with Gasteiger partial charge in [-0.25, -0.2) is 0 Å². The molecular weight excluding hydrogens is 490 g/mol. The summed E-state index contributed by atoms with van der Waals surface area (Å²) in [6, 6.07) is 30.6. The quantitative estimate of drug-likeness (QED) is 0.267. The zero-order valence-corrected chi connectivity index (χ0v) is 20.3. The number of nitrogens with zero attached hydrogens (tertiary/aromatic N) is 3. The first-order valence-corrected chi connectivity index (χ1v) is 12.0. The smallest absolute Gasteiger partial charge is 0.258 e. The van der Waals surface area contributed by atoms with E-state index in [1.807, 2.05) is 60.7 Å². The molecule has 6 aromatic rings. The van der Waals surface area contributed by atoms with E-state index in [0.29, 0.717) is 21.8 Å². The number of hydrogen-bond donors (Lipinski definition) is 2. The van der Waals surface area contributed by atoms with Crippen LogP contribution in [0.1, 0.15) is 10.4 Å². The second-order valence-electron chi connectivity index (χ2n) is 8.24. The third-order valence-corrected chi connectivity index (χ3v) is 6.49. The van der Waals surface area contributed by atoms with Crippen molar-refractivity contribution >= 4 is 73.1 Å². The summed E-state index contributed by atoms with van der Waals surface area (Å²) in [7, 11) is 0. The molecule has 0 aliphatic carbocycles. The molecule has 0 saturated heterocycles. The molecule has 36 heavy (non-hydrogen) atoms. The summed E-state index contributed by atoms with van der Waals surface area (Å²) in [5, 5.41) is 19.7. The lowest BCUT2D eigenvalue weighted by Crippen LogP contribution is -2.34. The van der Waals surface area contributed by atoms with Crippen LogP contribution >= 0.6 is 23.8 Å². The predicted molar refractivity (Wildman–Crippen MR) is 149 cm³/mol. The lowest BCUT2D eigenvalue weighted by molar-refractivity contribution is 0.0979. The van der Waals surface area contributed by atoms with Crippen molar-refractivity contribution in [3.8, 4) is 5.69 Å². The molecular formula is C28H18ClN5OS. The molecule has 1 amide bonds. The van der Waals surface area contributed by atoms with Crippen LogP contribution in [0.15, 0.2) is 97.1 Å². The molecule has 1 aromatic heterocycles. The summed E-state index contributed by atoms with van der Waals surface area (Å²) in [5.74, 6) is -0.316. The molecule has 0 aliphatic rings. The fraction of sp³-hybridized carbons (Fsp3) is 0. The molecule has 6 nitrogen and oxygen atoms in total. The van der Waals surface area contributed by atoms with Crippen LogP contribution in [0, 0.1) is 0 Å². The molecule has 6 rings (SSSR count). The molecule has 1 heterocycles. The van der Waals surface area contributed by atoms with Crippen LogP contribution in [-0.2, 0) is 0 Å². The van der Waals surface area contributed by atoms with Crippen LogP contribution in [0.5, 0.6) is 0 Å². The lowest BCUT2D eigenvalue weighted by atomic mass is 10.0. The minimum absolute atomic E-state index is 0.180. The fourth-order valence-corrected chi connectivity index (χ4v) is 4.73. The van der Waals surface area contributed by atoms with Crippen molar-refractivity contribution in [1.82, 2.24) is 20.3 Å². The number of rotatable bonds is 3. The highest BCUT2D eigenvalue weighted by Crippen LogP contribution is 2.26. The van der Waals surface area contributed by atoms with Gasteiger partial charge in [0.05, 0.1) is 5.69 Å². The monoisotopic (exact) mass is 507 g/mol. The lowest BCUT2D eigenvalue weighted by Gasteiger charge is -2.11. The van der Waals surface area contributed by atoms with Crippen molar-refractivity contribution in [2.45, 2.75) is 0 Å². The number of anilines is 1. The highest BCUT2D eigenvalue weighted by Gasteiger charge is 2.14. The Hall–Kier alpha value is -4.33. The number of benzene rings is 5. The summed E-state index contributed by atoms with van der Waals surface area (Å²) in [5.41, 5.74) is 3.53. The number of nitrogens with one attached hydrogen (secondary N) is 2. The SMILES string of the molecule is O=C(NC(=S)Nc1ccc2nn(-c3cccc4ccccc34)nc2c1)c1cccc2c(Cl)cccc12. The molecule has 2 N–H and O–H groups in total. The van der Waals surface area contributed by atoms with Gasteiger partial charge in [-0.3, -0.25) is 10.1 Å². The van der Waals surface area contributed by atoms with Crippen molar-refractivity contribution in [3.05, 3.63) is 108 Å². The number of aromatic nitrogens is 3. The summed E-state index contributed by atoms with van der Waals surface area (Å²) in [4.78, 5) is 14.6. The first kappa shape index (κ1) is 22.2. The minimum atomic E-state index is -0.316. The molecule has 0 spiro atoms. The van der Waals surface area contributed by atoms with Gasteiger partial charge in [0, 0.05) is 27.0 Å². The number of thiocarbonyl (C=S) groups is 1. The van der Waals surface area contributed by atoms with Crippen molar-refractivity contribution in [2.24, 2.45) is 0 Å². The molecule has 0 atom stereocenters. The van der Waals surface area contributed by atoms with E-state index >= 15 is 0 Å². The molecule has 5 aromatic carbocycles. The zero-order chi connectivity index (χ0) is 24.6. The van der Waals surface area contributed by atoms with Gasteiger partial charge in [0.1, 0.15) is 11.0 Å². The van der Waals surface area contributed by atoms with E-state index in [1.54, 1.807) is 23.0 Å². The maximum Gasteiger partial charge on any atom is 0.258 e. The van der Waals surface area contributed by atoms with E-state index in [9.17, 15) is 4.79 Å². The standard InChI is InChI=1S/C28H18ClN5OS/c29-23-12-5-9-20-21(23)10-4-11-22(20)27(35)31-28(36)30-18-14-15-24-25(16-18)33-34(32-24)26-13-3-7-17-6-1-2-8-19(17)26/h1-16H,(H2,30,31,35,36). The number of carbonyl (C=O) groups excluding carboxylic acids is 1. The normalized spacial score (nSPS) is 11.1. The summed E-state index contributed by atoms with van der Waals surface area (Å²) in [6.45, 7) is 0. The predicted octanol–water partition coefficient (Wildman–Crippen LogP) is 6.51. The molecule has 174 valence electrons. The average molecular weight is 508 g/mol. The van der Waals surface area contributed by atoms with Crippen LogP contribution in [0.3, 0.4) is 0 Å². The summed E-state index contributed by atoms with van der Waals surface area (Å²) < 4.78 is 0. The number of carbonyl (C=O) groups is 1. The maximum atomic E-state index is 12.9. The van der Waals surface area contributed by atoms with E-state index in [-0.39, 0.29) is 11.0 Å². The Morgan fingerprint density at radius 3 is 2.42 bits per heavy atom. The Morgan fingerprint density at radius 2 is 1.50 bits per heavy atom. The summed E-state index contributed by atoms with van der Waals surface area (Å²) >= 11 is 11.7. The molecule has 0 unspecified atom stereocenters. The van der Waals surface area contributed by atoms with E-state index in [0.717, 1.165) is 32.7 Å². The third-order valence-electron chi connectivity index (χ3n) is 5.96. The highest BCUT2D eigenvalue weighted by atomic mass is 35.5. The fourth-order valence-electron chi connectivity index (χ4n) is 4.29. The molecule has 0 fully saturated rings. The maximum absolute atomic E-state index is 12.9. The van der Waals surface area contributed by atoms with E-state index in [4.69, 9.17) is 23.8 Å². The van der Waals surface area contributed by atoms with Gasteiger partial charge in [-0.2, -0.15) is 0 Å². The van der Waals surface area contributed by atoms with Gasteiger partial charge < -0.3 is 5.32 Å². The Balaban J connectivity index is 1.23. The number of hydrogen-bond acceptors (Lipinski definition) is 4. The van der Waals surface area contributed by atoms with Crippen LogP contribution in [0.4, 0.5) is 5.69 Å². The van der Waals surface area contributed by atoms with Gasteiger partial charge in [-0.05, 0) is 59.4 Å². The second-order valence-corrected chi connectivity index (χ2v) is 9.06. The Kier molecular flexibility index (Phi) is 5.56. The Bertz CT molecular complexity index is 1810. The average Bonchev–Trinajstić information content (AvgIpc) is 3.31. The van der Waals surface area contributed by atoms with Gasteiger partial charge in [0.25, 0.3) is 5.91 Å². The van der Waals surface area contributed by atoms with Gasteiger partial charge in [-0.15, -0.1) is 15.0 Å². The first-order chi connectivity index (χ1) is 17.6. The topological polar surface area (TPSA) is 71.8 Å². The highest BCUT2D eigenvalue weighted by molar-refractivity contribution is 7.80. The second kappa shape index (κ2) is 9.03. The minimum Gasteiger partial charge on any atom is -0.332 e. The summed E-state index contributed by atoms with van der Waals surface area (Å²) in [6.07, 6.45) is 0. The van der Waals surface area contributed by atoms with E-state index in [1.165, 1.54) is 0 Å². The zero-order valence-electron chi connectivity index (χ0n) is 18.8. The van der Waals surface area contributed by atoms with Crippen LogP contribution < -0.4 is 10.6 Å². The van der Waals surface area contributed by atoms with Crippen molar-refractivity contribution in [1.29, 1.82) is 0 Å². The van der Waals surface area contributed by atoms with Gasteiger partial charge >= 0.3 is 0 Å². The molecule has 0 saturated carbocycles. The molecule has 0 radical (unpaired) electrons. The van der Waals surface area contributed by atoms with Crippen molar-refractivity contribution in [3.63, 3.8) is 0 Å². The molecule has 0 bridgehead atoms. The van der Waals surface area contributed by atoms with E-state index in [2.05, 4.69) is 39.0 Å². The van der Waals surface area contributed by atoms with Crippen molar-refractivity contribution < 1.29 is 4.79 Å². The number of amides is 1.